The van der Waals surface area contributed by atoms with E-state index in [1.165, 1.54) is 16.3 Å². The molecule has 0 fully saturated rings. The first-order chi connectivity index (χ1) is 10.1. The van der Waals surface area contributed by atoms with Gasteiger partial charge in [-0.15, -0.1) is 5.10 Å². The molecule has 0 saturated carbocycles. The molecule has 2 heterocycles. The third-order valence-corrected chi connectivity index (χ3v) is 3.65. The Morgan fingerprint density at radius 2 is 2.10 bits per heavy atom. The third kappa shape index (κ3) is 2.47. The predicted molar refractivity (Wildman–Crippen MR) is 81.8 cm³/mol. The zero-order chi connectivity index (χ0) is 15.0. The summed E-state index contributed by atoms with van der Waals surface area (Å²) in [4.78, 5) is 12.7. The SMILES string of the molecule is COc1ccc(-c2nc3nc(SC)nc(N)n3n2)cc1Cl. The van der Waals surface area contributed by atoms with Crippen LogP contribution in [0.2, 0.25) is 5.02 Å². The molecule has 108 valence electrons. The molecule has 0 atom stereocenters. The molecule has 0 amide bonds. The summed E-state index contributed by atoms with van der Waals surface area (Å²) in [5, 5.41) is 5.33. The van der Waals surface area contributed by atoms with E-state index >= 15 is 0 Å². The van der Waals surface area contributed by atoms with Gasteiger partial charge in [0.1, 0.15) is 5.75 Å². The fraction of sp³-hybridized carbons (Fsp3) is 0.167. The van der Waals surface area contributed by atoms with Gasteiger partial charge in [-0.1, -0.05) is 23.4 Å². The van der Waals surface area contributed by atoms with Gasteiger partial charge in [-0.3, -0.25) is 0 Å². The highest BCUT2D eigenvalue weighted by molar-refractivity contribution is 7.98. The minimum Gasteiger partial charge on any atom is -0.495 e. The normalized spacial score (nSPS) is 11.0. The molecule has 0 saturated heterocycles. The fourth-order valence-electron chi connectivity index (χ4n) is 1.80. The number of ether oxygens (including phenoxy) is 1. The Kier molecular flexibility index (Phi) is 3.56. The molecule has 3 aromatic rings. The number of anilines is 1. The highest BCUT2D eigenvalue weighted by Crippen LogP contribution is 2.29. The molecule has 0 radical (unpaired) electrons. The van der Waals surface area contributed by atoms with E-state index in [0.717, 1.165) is 5.56 Å². The molecule has 0 spiro atoms. The van der Waals surface area contributed by atoms with Crippen molar-refractivity contribution in [1.82, 2.24) is 24.6 Å². The average Bonchev–Trinajstić information content (AvgIpc) is 2.91. The van der Waals surface area contributed by atoms with Gasteiger partial charge in [0.25, 0.3) is 5.78 Å². The molecular weight excluding hydrogens is 312 g/mol. The Bertz CT molecular complexity index is 821. The number of hydrogen-bond acceptors (Lipinski definition) is 7. The molecule has 21 heavy (non-hydrogen) atoms. The Morgan fingerprint density at radius 1 is 1.29 bits per heavy atom. The topological polar surface area (TPSA) is 91.2 Å². The van der Waals surface area contributed by atoms with Gasteiger partial charge < -0.3 is 10.5 Å². The highest BCUT2D eigenvalue weighted by Gasteiger charge is 2.13. The van der Waals surface area contributed by atoms with Crippen LogP contribution < -0.4 is 10.5 Å². The van der Waals surface area contributed by atoms with Crippen molar-refractivity contribution in [3.8, 4) is 17.1 Å². The fourth-order valence-corrected chi connectivity index (χ4v) is 2.42. The first-order valence-corrected chi connectivity index (χ1v) is 7.51. The molecule has 0 unspecified atom stereocenters. The molecule has 2 N–H and O–H groups in total. The number of fused-ring (bicyclic) bond motifs is 1. The van der Waals surface area contributed by atoms with Crippen LogP contribution in [0.5, 0.6) is 5.75 Å². The minimum absolute atomic E-state index is 0.239. The second kappa shape index (κ2) is 5.38. The average molecular weight is 323 g/mol. The Balaban J connectivity index is 2.12. The van der Waals surface area contributed by atoms with Gasteiger partial charge in [0.15, 0.2) is 11.0 Å². The van der Waals surface area contributed by atoms with Crippen LogP contribution in [-0.2, 0) is 0 Å². The quantitative estimate of drug-likeness (QED) is 0.739. The maximum atomic E-state index is 6.11. The molecule has 3 rings (SSSR count). The number of hydrogen-bond donors (Lipinski definition) is 1. The first kappa shape index (κ1) is 13.9. The van der Waals surface area contributed by atoms with Crippen molar-refractivity contribution in [3.63, 3.8) is 0 Å². The van der Waals surface area contributed by atoms with Crippen LogP contribution >= 0.6 is 23.4 Å². The van der Waals surface area contributed by atoms with Crippen LogP contribution in [0.15, 0.2) is 23.4 Å². The van der Waals surface area contributed by atoms with Crippen molar-refractivity contribution < 1.29 is 4.74 Å². The summed E-state index contributed by atoms with van der Waals surface area (Å²) in [7, 11) is 1.56. The zero-order valence-corrected chi connectivity index (χ0v) is 12.8. The van der Waals surface area contributed by atoms with Crippen LogP contribution in [0.4, 0.5) is 5.95 Å². The van der Waals surface area contributed by atoms with E-state index in [4.69, 9.17) is 22.1 Å². The van der Waals surface area contributed by atoms with Crippen LogP contribution in [0.25, 0.3) is 17.2 Å². The van der Waals surface area contributed by atoms with Crippen molar-refractivity contribution >= 4 is 35.1 Å². The van der Waals surface area contributed by atoms with Crippen LogP contribution in [0.3, 0.4) is 0 Å². The number of aromatic nitrogens is 5. The lowest BCUT2D eigenvalue weighted by Crippen LogP contribution is -2.04. The van der Waals surface area contributed by atoms with Crippen LogP contribution in [0, 0.1) is 0 Å². The van der Waals surface area contributed by atoms with Crippen molar-refractivity contribution in [2.24, 2.45) is 0 Å². The van der Waals surface area contributed by atoms with Crippen molar-refractivity contribution in [2.75, 3.05) is 19.1 Å². The standard InChI is InChI=1S/C12H11ClN6OS/c1-20-8-4-3-6(5-7(8)13)9-15-11-17-12(21-2)16-10(14)19(11)18-9/h3-5H,1-2H3,(H2,14,15,16,17,18). The van der Waals surface area contributed by atoms with Crippen molar-refractivity contribution in [3.05, 3.63) is 23.2 Å². The number of nitrogens with two attached hydrogens (primary N) is 1. The lowest BCUT2D eigenvalue weighted by molar-refractivity contribution is 0.415. The van der Waals surface area contributed by atoms with Crippen molar-refractivity contribution in [2.45, 2.75) is 5.16 Å². The van der Waals surface area contributed by atoms with E-state index in [2.05, 4.69) is 20.1 Å². The number of rotatable bonds is 3. The van der Waals surface area contributed by atoms with E-state index in [0.29, 0.717) is 27.5 Å². The predicted octanol–water partition coefficient (Wildman–Crippen LogP) is 2.15. The second-order valence-electron chi connectivity index (χ2n) is 4.07. The molecule has 1 aromatic carbocycles. The first-order valence-electron chi connectivity index (χ1n) is 5.90. The summed E-state index contributed by atoms with van der Waals surface area (Å²) in [6.45, 7) is 0. The van der Waals surface area contributed by atoms with Crippen molar-refractivity contribution in [1.29, 1.82) is 0 Å². The summed E-state index contributed by atoms with van der Waals surface area (Å²) >= 11 is 7.50. The number of nitrogen functional groups attached to an aromatic ring is 1. The highest BCUT2D eigenvalue weighted by atomic mass is 35.5. The van der Waals surface area contributed by atoms with Gasteiger partial charge in [-0.05, 0) is 24.5 Å². The number of halogens is 1. The van der Waals surface area contributed by atoms with E-state index in [9.17, 15) is 0 Å². The maximum Gasteiger partial charge on any atom is 0.258 e. The summed E-state index contributed by atoms with van der Waals surface area (Å²) in [5.41, 5.74) is 6.60. The summed E-state index contributed by atoms with van der Waals surface area (Å²) in [6.07, 6.45) is 1.87. The monoisotopic (exact) mass is 322 g/mol. The van der Waals surface area contributed by atoms with Gasteiger partial charge in [0.05, 0.1) is 12.1 Å². The number of methoxy groups -OCH3 is 1. The summed E-state index contributed by atoms with van der Waals surface area (Å²) in [5.74, 6) is 1.70. The maximum absolute atomic E-state index is 6.11. The molecule has 0 aliphatic carbocycles. The van der Waals surface area contributed by atoms with Crippen LogP contribution in [-0.4, -0.2) is 37.9 Å². The lowest BCUT2D eigenvalue weighted by atomic mass is 10.2. The molecular formula is C12H11ClN6OS. The third-order valence-electron chi connectivity index (χ3n) is 2.81. The molecule has 0 bridgehead atoms. The molecule has 0 aliphatic rings. The van der Waals surface area contributed by atoms with E-state index in [-0.39, 0.29) is 5.95 Å². The number of nitrogens with zero attached hydrogens (tertiary/aromatic N) is 5. The van der Waals surface area contributed by atoms with Gasteiger partial charge in [0.2, 0.25) is 5.95 Å². The van der Waals surface area contributed by atoms with E-state index in [1.807, 2.05) is 12.3 Å². The Labute approximate surface area is 129 Å². The smallest absolute Gasteiger partial charge is 0.258 e. The second-order valence-corrected chi connectivity index (χ2v) is 5.25. The zero-order valence-electron chi connectivity index (χ0n) is 11.2. The Hall–Kier alpha value is -2.06. The van der Waals surface area contributed by atoms with Gasteiger partial charge in [0, 0.05) is 5.56 Å². The van der Waals surface area contributed by atoms with Gasteiger partial charge in [-0.25, -0.2) is 0 Å². The minimum atomic E-state index is 0.239. The number of benzene rings is 1. The molecule has 0 aliphatic heterocycles. The van der Waals surface area contributed by atoms with E-state index < -0.39 is 0 Å². The summed E-state index contributed by atoms with van der Waals surface area (Å²) < 4.78 is 6.52. The lowest BCUT2D eigenvalue weighted by Gasteiger charge is -2.03. The van der Waals surface area contributed by atoms with Gasteiger partial charge in [-0.2, -0.15) is 19.5 Å². The molecule has 7 nitrogen and oxygen atoms in total. The number of thioether (sulfide) groups is 1. The molecule has 9 heteroatoms. The van der Waals surface area contributed by atoms with Crippen LogP contribution in [0.1, 0.15) is 0 Å². The summed E-state index contributed by atoms with van der Waals surface area (Å²) in [6, 6.07) is 5.30. The largest absolute Gasteiger partial charge is 0.495 e. The van der Waals surface area contributed by atoms with Gasteiger partial charge >= 0.3 is 0 Å². The Morgan fingerprint density at radius 3 is 2.76 bits per heavy atom. The molecule has 2 aromatic heterocycles. The van der Waals surface area contributed by atoms with E-state index in [1.54, 1.807) is 19.2 Å².